The molecule has 1 atom stereocenters. The SMILES string of the molecule is CCNCC1(CN(CC)C(C)COC)CCCC1. The summed E-state index contributed by atoms with van der Waals surface area (Å²) in [5.41, 5.74) is 0.508. The molecule has 0 aromatic heterocycles. The van der Waals surface area contributed by atoms with Gasteiger partial charge in [0.25, 0.3) is 0 Å². The van der Waals surface area contributed by atoms with E-state index in [4.69, 9.17) is 4.74 Å². The van der Waals surface area contributed by atoms with Crippen molar-refractivity contribution in [1.29, 1.82) is 0 Å². The summed E-state index contributed by atoms with van der Waals surface area (Å²) in [4.78, 5) is 2.59. The fraction of sp³-hybridized carbons (Fsp3) is 1.00. The van der Waals surface area contributed by atoms with Crippen LogP contribution in [0.25, 0.3) is 0 Å². The highest BCUT2D eigenvalue weighted by atomic mass is 16.5. The summed E-state index contributed by atoms with van der Waals surface area (Å²) in [5, 5.41) is 3.57. The van der Waals surface area contributed by atoms with Crippen LogP contribution in [0.2, 0.25) is 0 Å². The summed E-state index contributed by atoms with van der Waals surface area (Å²) in [7, 11) is 1.80. The number of nitrogens with one attached hydrogen (secondary N) is 1. The molecular formula is C15H32N2O. The van der Waals surface area contributed by atoms with Crippen LogP contribution in [0.3, 0.4) is 0 Å². The highest BCUT2D eigenvalue weighted by Crippen LogP contribution is 2.38. The van der Waals surface area contributed by atoms with Gasteiger partial charge in [0, 0.05) is 26.2 Å². The number of rotatable bonds is 9. The summed E-state index contributed by atoms with van der Waals surface area (Å²) in [5.74, 6) is 0. The third-order valence-electron chi connectivity index (χ3n) is 4.39. The van der Waals surface area contributed by atoms with Crippen LogP contribution in [-0.4, -0.2) is 50.8 Å². The van der Waals surface area contributed by atoms with E-state index in [1.807, 2.05) is 0 Å². The molecule has 3 nitrogen and oxygen atoms in total. The van der Waals surface area contributed by atoms with Gasteiger partial charge < -0.3 is 10.1 Å². The van der Waals surface area contributed by atoms with E-state index in [0.29, 0.717) is 11.5 Å². The first-order chi connectivity index (χ1) is 8.67. The van der Waals surface area contributed by atoms with E-state index in [1.165, 1.54) is 38.8 Å². The molecule has 0 bridgehead atoms. The number of hydrogen-bond donors (Lipinski definition) is 1. The number of ether oxygens (including phenoxy) is 1. The average molecular weight is 256 g/mol. The van der Waals surface area contributed by atoms with Gasteiger partial charge in [-0.2, -0.15) is 0 Å². The van der Waals surface area contributed by atoms with Crippen molar-refractivity contribution in [3.63, 3.8) is 0 Å². The first-order valence-electron chi connectivity index (χ1n) is 7.61. The van der Waals surface area contributed by atoms with Gasteiger partial charge in [-0.3, -0.25) is 4.90 Å². The molecule has 0 heterocycles. The summed E-state index contributed by atoms with van der Waals surface area (Å²) in [6, 6.07) is 0.527. The molecule has 1 fully saturated rings. The molecule has 0 aromatic rings. The van der Waals surface area contributed by atoms with Crippen molar-refractivity contribution < 1.29 is 4.74 Å². The van der Waals surface area contributed by atoms with E-state index < -0.39 is 0 Å². The fourth-order valence-corrected chi connectivity index (χ4v) is 3.26. The molecule has 0 aromatic carbocycles. The Kier molecular flexibility index (Phi) is 7.20. The largest absolute Gasteiger partial charge is 0.383 e. The van der Waals surface area contributed by atoms with Crippen molar-refractivity contribution in [1.82, 2.24) is 10.2 Å². The second-order valence-corrected chi connectivity index (χ2v) is 5.85. The highest BCUT2D eigenvalue weighted by Gasteiger charge is 2.35. The molecule has 1 aliphatic rings. The molecule has 1 rings (SSSR count). The number of methoxy groups -OCH3 is 1. The fourth-order valence-electron chi connectivity index (χ4n) is 3.26. The first kappa shape index (κ1) is 15.9. The lowest BCUT2D eigenvalue weighted by Crippen LogP contribution is -2.47. The van der Waals surface area contributed by atoms with E-state index in [2.05, 4.69) is 31.0 Å². The maximum atomic E-state index is 5.31. The van der Waals surface area contributed by atoms with Gasteiger partial charge in [0.15, 0.2) is 0 Å². The van der Waals surface area contributed by atoms with Gasteiger partial charge in [0.2, 0.25) is 0 Å². The summed E-state index contributed by atoms with van der Waals surface area (Å²) in [6.07, 6.45) is 5.58. The molecule has 1 N–H and O–H groups in total. The van der Waals surface area contributed by atoms with Crippen LogP contribution in [-0.2, 0) is 4.74 Å². The van der Waals surface area contributed by atoms with Gasteiger partial charge in [-0.05, 0) is 38.3 Å². The van der Waals surface area contributed by atoms with Crippen molar-refractivity contribution in [3.05, 3.63) is 0 Å². The quantitative estimate of drug-likeness (QED) is 0.686. The molecule has 0 amide bonds. The van der Waals surface area contributed by atoms with E-state index >= 15 is 0 Å². The van der Waals surface area contributed by atoms with Crippen molar-refractivity contribution in [2.45, 2.75) is 52.5 Å². The number of hydrogen-bond acceptors (Lipinski definition) is 3. The van der Waals surface area contributed by atoms with Crippen molar-refractivity contribution >= 4 is 0 Å². The van der Waals surface area contributed by atoms with Crippen molar-refractivity contribution in [2.24, 2.45) is 5.41 Å². The van der Waals surface area contributed by atoms with Gasteiger partial charge in [-0.25, -0.2) is 0 Å². The second-order valence-electron chi connectivity index (χ2n) is 5.85. The van der Waals surface area contributed by atoms with Crippen LogP contribution >= 0.6 is 0 Å². The van der Waals surface area contributed by atoms with Gasteiger partial charge >= 0.3 is 0 Å². The maximum absolute atomic E-state index is 5.31. The second kappa shape index (κ2) is 8.13. The van der Waals surface area contributed by atoms with Gasteiger partial charge in [-0.1, -0.05) is 26.7 Å². The Morgan fingerprint density at radius 2 is 1.94 bits per heavy atom. The molecule has 0 spiro atoms. The summed E-state index contributed by atoms with van der Waals surface area (Å²) >= 11 is 0. The Morgan fingerprint density at radius 3 is 2.44 bits per heavy atom. The molecule has 0 aliphatic heterocycles. The smallest absolute Gasteiger partial charge is 0.0615 e. The molecular weight excluding hydrogens is 224 g/mol. The lowest BCUT2D eigenvalue weighted by atomic mass is 9.85. The predicted molar refractivity (Wildman–Crippen MR) is 78.0 cm³/mol. The first-order valence-corrected chi connectivity index (χ1v) is 7.61. The van der Waals surface area contributed by atoms with E-state index in [9.17, 15) is 0 Å². The van der Waals surface area contributed by atoms with Crippen LogP contribution < -0.4 is 5.32 Å². The minimum atomic E-state index is 0.508. The van der Waals surface area contributed by atoms with Crippen LogP contribution in [0, 0.1) is 5.41 Å². The molecule has 0 saturated heterocycles. The summed E-state index contributed by atoms with van der Waals surface area (Å²) in [6.45, 7) is 12.2. The molecule has 18 heavy (non-hydrogen) atoms. The average Bonchev–Trinajstić information content (AvgIpc) is 2.83. The topological polar surface area (TPSA) is 24.5 Å². The Balaban J connectivity index is 2.57. The molecule has 1 unspecified atom stereocenters. The molecule has 1 saturated carbocycles. The Bertz CT molecular complexity index is 215. The van der Waals surface area contributed by atoms with Crippen LogP contribution in [0.5, 0.6) is 0 Å². The predicted octanol–water partition coefficient (Wildman–Crippen LogP) is 2.51. The molecule has 108 valence electrons. The number of nitrogens with zero attached hydrogens (tertiary/aromatic N) is 1. The minimum absolute atomic E-state index is 0.508. The maximum Gasteiger partial charge on any atom is 0.0615 e. The Morgan fingerprint density at radius 1 is 1.28 bits per heavy atom. The van der Waals surface area contributed by atoms with E-state index in [1.54, 1.807) is 7.11 Å². The zero-order valence-electron chi connectivity index (χ0n) is 12.8. The lowest BCUT2D eigenvalue weighted by molar-refractivity contribution is 0.0668. The van der Waals surface area contributed by atoms with Crippen molar-refractivity contribution in [2.75, 3.05) is 39.9 Å². The van der Waals surface area contributed by atoms with Crippen LogP contribution in [0.1, 0.15) is 46.5 Å². The van der Waals surface area contributed by atoms with Crippen molar-refractivity contribution in [3.8, 4) is 0 Å². The molecule has 0 radical (unpaired) electrons. The lowest BCUT2D eigenvalue weighted by Gasteiger charge is -2.38. The van der Waals surface area contributed by atoms with Crippen LogP contribution in [0.4, 0.5) is 0 Å². The molecule has 1 aliphatic carbocycles. The Labute approximate surface area is 113 Å². The van der Waals surface area contributed by atoms with E-state index in [0.717, 1.165) is 19.7 Å². The van der Waals surface area contributed by atoms with Gasteiger partial charge in [0.05, 0.1) is 6.61 Å². The normalized spacial score (nSPS) is 20.5. The zero-order chi connectivity index (χ0) is 13.4. The van der Waals surface area contributed by atoms with Gasteiger partial charge in [-0.15, -0.1) is 0 Å². The third-order valence-corrected chi connectivity index (χ3v) is 4.39. The monoisotopic (exact) mass is 256 g/mol. The highest BCUT2D eigenvalue weighted by molar-refractivity contribution is 4.90. The zero-order valence-corrected chi connectivity index (χ0v) is 12.8. The minimum Gasteiger partial charge on any atom is -0.383 e. The van der Waals surface area contributed by atoms with Crippen LogP contribution in [0.15, 0.2) is 0 Å². The van der Waals surface area contributed by atoms with Gasteiger partial charge in [0.1, 0.15) is 0 Å². The summed E-state index contributed by atoms with van der Waals surface area (Å²) < 4.78 is 5.31. The van der Waals surface area contributed by atoms with E-state index in [-0.39, 0.29) is 0 Å². The Hall–Kier alpha value is -0.120. The third kappa shape index (κ3) is 4.52. The molecule has 3 heteroatoms. The standard InChI is InChI=1S/C15H32N2O/c1-5-16-12-15(9-7-8-10-15)13-17(6-2)14(3)11-18-4/h14,16H,5-13H2,1-4H3. The number of likely N-dealkylation sites (N-methyl/N-ethyl adjacent to an activating group) is 1.